The minimum atomic E-state index is -0.331. The van der Waals surface area contributed by atoms with Gasteiger partial charge in [0, 0.05) is 35.6 Å². The number of hydrogen-bond donors (Lipinski definition) is 2. The topological polar surface area (TPSA) is 92.3 Å². The molecule has 2 aromatic heterocycles. The van der Waals surface area contributed by atoms with Crippen LogP contribution in [0, 0.1) is 6.92 Å². The largest absolute Gasteiger partial charge is 0.482 e. The molecule has 160 valence electrons. The van der Waals surface area contributed by atoms with Crippen LogP contribution in [0.2, 0.25) is 10.0 Å². The van der Waals surface area contributed by atoms with Gasteiger partial charge in [0.1, 0.15) is 5.75 Å². The smallest absolute Gasteiger partial charge is 0.262 e. The first-order valence-electron chi connectivity index (χ1n) is 9.98. The number of fused-ring (bicyclic) bond motifs is 3. The van der Waals surface area contributed by atoms with Crippen molar-refractivity contribution in [1.29, 1.82) is 0 Å². The SMILES string of the molecule is Cc1nc(N2CC3CC2CN3)nc2ncc(NC(=O)COc3ccc(Cl)cc3Cl)cc12. The molecule has 10 heteroatoms. The number of piperazine rings is 1. The van der Waals surface area contributed by atoms with Gasteiger partial charge in [-0.25, -0.2) is 9.97 Å². The Kier molecular flexibility index (Phi) is 5.29. The van der Waals surface area contributed by atoms with E-state index < -0.39 is 0 Å². The van der Waals surface area contributed by atoms with Crippen LogP contribution in [0.3, 0.4) is 0 Å². The lowest BCUT2D eigenvalue weighted by molar-refractivity contribution is -0.118. The quantitative estimate of drug-likeness (QED) is 0.606. The lowest BCUT2D eigenvalue weighted by Gasteiger charge is -2.27. The molecule has 0 aliphatic carbocycles. The van der Waals surface area contributed by atoms with Gasteiger partial charge in [-0.2, -0.15) is 4.98 Å². The summed E-state index contributed by atoms with van der Waals surface area (Å²) >= 11 is 11.9. The highest BCUT2D eigenvalue weighted by Gasteiger charge is 2.39. The van der Waals surface area contributed by atoms with Crippen LogP contribution in [0.1, 0.15) is 12.1 Å². The van der Waals surface area contributed by atoms with Gasteiger partial charge in [0.05, 0.1) is 22.6 Å². The Labute approximate surface area is 188 Å². The van der Waals surface area contributed by atoms with Gasteiger partial charge in [-0.05, 0) is 37.6 Å². The van der Waals surface area contributed by atoms with Crippen LogP contribution in [0.15, 0.2) is 30.5 Å². The van der Waals surface area contributed by atoms with Gasteiger partial charge >= 0.3 is 0 Å². The number of pyridine rings is 1. The Balaban J connectivity index is 1.28. The number of carbonyl (C=O) groups excluding carboxylic acids is 1. The molecule has 2 aliphatic heterocycles. The molecular weight excluding hydrogens is 439 g/mol. The predicted octanol–water partition coefficient (Wildman–Crippen LogP) is 3.21. The summed E-state index contributed by atoms with van der Waals surface area (Å²) in [5, 5.41) is 7.91. The summed E-state index contributed by atoms with van der Waals surface area (Å²) in [6, 6.07) is 7.61. The molecule has 5 rings (SSSR count). The molecule has 1 amide bonds. The molecule has 2 N–H and O–H groups in total. The highest BCUT2D eigenvalue weighted by molar-refractivity contribution is 6.35. The predicted molar refractivity (Wildman–Crippen MR) is 120 cm³/mol. The van der Waals surface area contributed by atoms with Crippen LogP contribution in [-0.4, -0.2) is 52.6 Å². The number of ether oxygens (including phenoxy) is 1. The molecule has 2 aliphatic rings. The highest BCUT2D eigenvalue weighted by Crippen LogP contribution is 2.29. The van der Waals surface area contributed by atoms with E-state index in [0.717, 1.165) is 36.5 Å². The Hall–Kier alpha value is -2.68. The standard InChI is InChI=1S/C21H20Cl2N6O2/c1-11-16-6-13(27-19(30)10-31-18-3-2-12(22)4-17(18)23)7-25-20(16)28-21(26-11)29-9-14-5-15(29)8-24-14/h2-4,6-7,14-15,24H,5,8-10H2,1H3,(H,27,30). The first-order valence-corrected chi connectivity index (χ1v) is 10.7. The molecule has 0 radical (unpaired) electrons. The van der Waals surface area contributed by atoms with Gasteiger partial charge in [0.15, 0.2) is 12.3 Å². The van der Waals surface area contributed by atoms with Gasteiger partial charge < -0.3 is 20.3 Å². The lowest BCUT2D eigenvalue weighted by atomic mass is 10.2. The fourth-order valence-electron chi connectivity index (χ4n) is 4.08. The zero-order valence-corrected chi connectivity index (χ0v) is 18.2. The number of rotatable bonds is 5. The second-order valence-electron chi connectivity index (χ2n) is 7.76. The van der Waals surface area contributed by atoms with Gasteiger partial charge in [-0.3, -0.25) is 4.79 Å². The lowest BCUT2D eigenvalue weighted by Crippen LogP contribution is -2.44. The number of carbonyl (C=O) groups is 1. The first-order chi connectivity index (χ1) is 15.0. The summed E-state index contributed by atoms with van der Waals surface area (Å²) in [5.74, 6) is 0.778. The molecule has 2 bridgehead atoms. The van der Waals surface area contributed by atoms with Gasteiger partial charge in [-0.1, -0.05) is 23.2 Å². The number of aryl methyl sites for hydroxylation is 1. The van der Waals surface area contributed by atoms with E-state index in [2.05, 4.69) is 25.5 Å². The molecule has 0 spiro atoms. The molecule has 3 aromatic rings. The van der Waals surface area contributed by atoms with Crippen molar-refractivity contribution in [1.82, 2.24) is 20.3 Å². The van der Waals surface area contributed by atoms with Crippen molar-refractivity contribution in [3.05, 3.63) is 46.2 Å². The van der Waals surface area contributed by atoms with Crippen LogP contribution in [0.25, 0.3) is 11.0 Å². The minimum Gasteiger partial charge on any atom is -0.482 e. The average molecular weight is 459 g/mol. The number of amides is 1. The minimum absolute atomic E-state index is 0.195. The number of hydrogen-bond acceptors (Lipinski definition) is 7. The molecule has 31 heavy (non-hydrogen) atoms. The summed E-state index contributed by atoms with van der Waals surface area (Å²) in [6.07, 6.45) is 2.71. The second kappa shape index (κ2) is 8.11. The van der Waals surface area contributed by atoms with E-state index >= 15 is 0 Å². The van der Waals surface area contributed by atoms with Gasteiger partial charge in [-0.15, -0.1) is 0 Å². The molecule has 0 saturated carbocycles. The fourth-order valence-corrected chi connectivity index (χ4v) is 4.54. The maximum absolute atomic E-state index is 12.3. The summed E-state index contributed by atoms with van der Waals surface area (Å²) < 4.78 is 5.48. The highest BCUT2D eigenvalue weighted by atomic mass is 35.5. The molecule has 2 fully saturated rings. The van der Waals surface area contributed by atoms with E-state index in [-0.39, 0.29) is 12.5 Å². The Morgan fingerprint density at radius 3 is 2.94 bits per heavy atom. The molecule has 4 heterocycles. The molecule has 2 unspecified atom stereocenters. The molecule has 1 aromatic carbocycles. The first kappa shape index (κ1) is 20.2. The Bertz CT molecular complexity index is 1170. The Morgan fingerprint density at radius 1 is 1.32 bits per heavy atom. The zero-order chi connectivity index (χ0) is 21.5. The maximum Gasteiger partial charge on any atom is 0.262 e. The van der Waals surface area contributed by atoms with Crippen LogP contribution in [-0.2, 0) is 4.79 Å². The van der Waals surface area contributed by atoms with Crippen LogP contribution < -0.4 is 20.3 Å². The van der Waals surface area contributed by atoms with Crippen molar-refractivity contribution in [3.8, 4) is 5.75 Å². The molecular formula is C21H20Cl2N6O2. The van der Waals surface area contributed by atoms with E-state index in [4.69, 9.17) is 32.9 Å². The zero-order valence-electron chi connectivity index (χ0n) is 16.7. The van der Waals surface area contributed by atoms with Crippen LogP contribution in [0.5, 0.6) is 5.75 Å². The van der Waals surface area contributed by atoms with Crippen molar-refractivity contribution in [3.63, 3.8) is 0 Å². The number of benzene rings is 1. The molecule has 2 atom stereocenters. The van der Waals surface area contributed by atoms with E-state index in [1.807, 2.05) is 13.0 Å². The number of aromatic nitrogens is 3. The van der Waals surface area contributed by atoms with E-state index in [0.29, 0.717) is 39.2 Å². The maximum atomic E-state index is 12.3. The third-order valence-corrected chi connectivity index (χ3v) is 6.11. The van der Waals surface area contributed by atoms with E-state index in [9.17, 15) is 4.79 Å². The summed E-state index contributed by atoms with van der Waals surface area (Å²) in [6.45, 7) is 3.62. The van der Waals surface area contributed by atoms with Crippen LogP contribution in [0.4, 0.5) is 11.6 Å². The second-order valence-corrected chi connectivity index (χ2v) is 8.61. The third-order valence-electron chi connectivity index (χ3n) is 5.58. The summed E-state index contributed by atoms with van der Waals surface area (Å²) in [5.41, 5.74) is 1.98. The number of nitrogens with zero attached hydrogens (tertiary/aromatic N) is 4. The Morgan fingerprint density at radius 2 is 2.19 bits per heavy atom. The van der Waals surface area contributed by atoms with Gasteiger partial charge in [0.2, 0.25) is 5.95 Å². The average Bonchev–Trinajstić information content (AvgIpc) is 3.37. The molecule has 8 nitrogen and oxygen atoms in total. The monoisotopic (exact) mass is 458 g/mol. The number of halogens is 2. The van der Waals surface area contributed by atoms with Crippen molar-refractivity contribution in [2.45, 2.75) is 25.4 Å². The summed E-state index contributed by atoms with van der Waals surface area (Å²) in [7, 11) is 0. The normalized spacial score (nSPS) is 19.8. The van der Waals surface area contributed by atoms with Crippen LogP contribution >= 0.6 is 23.2 Å². The summed E-state index contributed by atoms with van der Waals surface area (Å²) in [4.78, 5) is 28.4. The number of anilines is 2. The van der Waals surface area contributed by atoms with E-state index in [1.165, 1.54) is 0 Å². The third kappa shape index (κ3) is 4.11. The van der Waals surface area contributed by atoms with Gasteiger partial charge in [0.25, 0.3) is 5.91 Å². The fraction of sp³-hybridized carbons (Fsp3) is 0.333. The van der Waals surface area contributed by atoms with Crippen molar-refractivity contribution in [2.24, 2.45) is 0 Å². The molecule has 2 saturated heterocycles. The van der Waals surface area contributed by atoms with Crippen molar-refractivity contribution in [2.75, 3.05) is 29.9 Å². The number of nitrogens with one attached hydrogen (secondary N) is 2. The van der Waals surface area contributed by atoms with Crippen molar-refractivity contribution >= 4 is 51.8 Å². The van der Waals surface area contributed by atoms with Crippen molar-refractivity contribution < 1.29 is 9.53 Å². The van der Waals surface area contributed by atoms with E-state index in [1.54, 1.807) is 24.4 Å².